The summed E-state index contributed by atoms with van der Waals surface area (Å²) in [6.45, 7) is 25.3. The molecule has 3 amide bonds. The minimum absolute atomic E-state index is 0.00125. The SMILES string of the molecule is C=CNc1ccc(C(=O)NCCN(CC)CCC)cc1.CC.CC.CC.CC(CO)NC=O.CN1C(=O)C(S)/C1=C/C#N. The predicted molar refractivity (Wildman–Crippen MR) is 184 cm³/mol. The third-order valence-corrected chi connectivity index (χ3v) is 5.67. The summed E-state index contributed by atoms with van der Waals surface area (Å²) < 4.78 is 0. The number of hydrogen-bond acceptors (Lipinski definition) is 8. The highest BCUT2D eigenvalue weighted by Crippen LogP contribution is 2.25. The van der Waals surface area contributed by atoms with Gasteiger partial charge in [-0.2, -0.15) is 17.9 Å². The van der Waals surface area contributed by atoms with Crippen molar-refractivity contribution in [2.45, 2.75) is 80.0 Å². The number of nitrogens with zero attached hydrogens (tertiary/aromatic N) is 3. The first-order valence-electron chi connectivity index (χ1n) is 15.0. The fourth-order valence-corrected chi connectivity index (χ4v) is 3.40. The molecule has 1 aromatic rings. The number of allylic oxidation sites excluding steroid dienone is 1. The van der Waals surface area contributed by atoms with E-state index in [0.717, 1.165) is 31.7 Å². The molecule has 11 heteroatoms. The van der Waals surface area contributed by atoms with E-state index in [1.807, 2.05) is 71.9 Å². The van der Waals surface area contributed by atoms with Crippen molar-refractivity contribution in [3.8, 4) is 6.07 Å². The van der Waals surface area contributed by atoms with Crippen LogP contribution in [0.5, 0.6) is 0 Å². The fraction of sp³-hybridized carbons (Fsp3) is 0.562. The Bertz CT molecular complexity index is 905. The van der Waals surface area contributed by atoms with Gasteiger partial charge in [0.25, 0.3) is 5.91 Å². The highest BCUT2D eigenvalue weighted by atomic mass is 32.1. The van der Waals surface area contributed by atoms with Crippen LogP contribution in [0.4, 0.5) is 5.69 Å². The van der Waals surface area contributed by atoms with Gasteiger partial charge in [-0.1, -0.05) is 62.0 Å². The van der Waals surface area contributed by atoms with Gasteiger partial charge in [-0.3, -0.25) is 14.4 Å². The number of likely N-dealkylation sites (tertiary alicyclic amines) is 1. The molecule has 2 rings (SSSR count). The number of anilines is 1. The largest absolute Gasteiger partial charge is 0.394 e. The van der Waals surface area contributed by atoms with Gasteiger partial charge in [0.2, 0.25) is 12.3 Å². The number of thiol groups is 1. The molecular weight excluding hydrogens is 564 g/mol. The number of rotatable bonds is 12. The first-order valence-corrected chi connectivity index (χ1v) is 15.6. The molecule has 0 radical (unpaired) electrons. The summed E-state index contributed by atoms with van der Waals surface area (Å²) in [5.41, 5.74) is 2.28. The monoisotopic (exact) mass is 622 g/mol. The molecule has 246 valence electrons. The van der Waals surface area contributed by atoms with Gasteiger partial charge in [0.15, 0.2) is 0 Å². The van der Waals surface area contributed by atoms with Crippen LogP contribution in [0.1, 0.15) is 79.1 Å². The summed E-state index contributed by atoms with van der Waals surface area (Å²) in [6.07, 6.45) is 4.65. The second-order valence-electron chi connectivity index (χ2n) is 7.98. The van der Waals surface area contributed by atoms with E-state index in [-0.39, 0.29) is 29.7 Å². The first kappa shape index (κ1) is 46.6. The van der Waals surface area contributed by atoms with Crippen LogP contribution < -0.4 is 16.0 Å². The summed E-state index contributed by atoms with van der Waals surface area (Å²) in [7, 11) is 1.62. The summed E-state index contributed by atoms with van der Waals surface area (Å²) in [5, 5.41) is 24.4. The molecule has 1 aliphatic heterocycles. The number of likely N-dealkylation sites (N-methyl/N-ethyl adjacent to an activating group) is 1. The lowest BCUT2D eigenvalue weighted by atomic mass is 10.1. The zero-order chi connectivity index (χ0) is 34.2. The van der Waals surface area contributed by atoms with Crippen LogP contribution >= 0.6 is 12.6 Å². The molecule has 10 nitrogen and oxygen atoms in total. The first-order chi connectivity index (χ1) is 20.7. The fourth-order valence-electron chi connectivity index (χ4n) is 2.97. The molecule has 0 bridgehead atoms. The molecule has 1 saturated heterocycles. The van der Waals surface area contributed by atoms with Gasteiger partial charge in [-0.15, -0.1) is 0 Å². The number of nitriles is 1. The van der Waals surface area contributed by atoms with Crippen LogP contribution in [-0.4, -0.2) is 84.3 Å². The van der Waals surface area contributed by atoms with Crippen molar-refractivity contribution in [2.24, 2.45) is 0 Å². The number of nitrogens with one attached hydrogen (secondary N) is 3. The molecule has 2 atom stereocenters. The normalized spacial score (nSPS) is 13.9. The average Bonchev–Trinajstić information content (AvgIpc) is 3.06. The quantitative estimate of drug-likeness (QED) is 0.0951. The number of carbonyl (C=O) groups is 3. The third kappa shape index (κ3) is 22.0. The summed E-state index contributed by atoms with van der Waals surface area (Å²) in [6, 6.07) is 9.09. The van der Waals surface area contributed by atoms with Crippen molar-refractivity contribution < 1.29 is 19.5 Å². The minimum atomic E-state index is -0.385. The van der Waals surface area contributed by atoms with Crippen molar-refractivity contribution in [1.29, 1.82) is 5.26 Å². The van der Waals surface area contributed by atoms with E-state index in [1.54, 1.807) is 20.2 Å². The van der Waals surface area contributed by atoms with E-state index in [0.29, 0.717) is 24.2 Å². The van der Waals surface area contributed by atoms with Crippen molar-refractivity contribution in [3.63, 3.8) is 0 Å². The topological polar surface area (TPSA) is 138 Å². The number of benzene rings is 1. The summed E-state index contributed by atoms with van der Waals surface area (Å²) in [5.74, 6) is -0.0764. The van der Waals surface area contributed by atoms with Crippen LogP contribution in [-0.2, 0) is 9.59 Å². The Kier molecular flexibility index (Phi) is 36.0. The number of aliphatic hydroxyl groups is 1. The molecule has 0 aliphatic carbocycles. The average molecular weight is 623 g/mol. The Morgan fingerprint density at radius 2 is 1.72 bits per heavy atom. The zero-order valence-electron chi connectivity index (χ0n) is 28.1. The van der Waals surface area contributed by atoms with Crippen molar-refractivity contribution in [1.82, 2.24) is 20.4 Å². The van der Waals surface area contributed by atoms with Crippen molar-refractivity contribution in [3.05, 3.63) is 54.4 Å². The van der Waals surface area contributed by atoms with E-state index in [1.165, 1.54) is 11.0 Å². The lowest BCUT2D eigenvalue weighted by molar-refractivity contribution is -0.132. The van der Waals surface area contributed by atoms with Crippen molar-refractivity contribution >= 4 is 36.5 Å². The lowest BCUT2D eigenvalue weighted by Gasteiger charge is -2.34. The molecule has 0 aromatic heterocycles. The molecular formula is C32H58N6O4S. The van der Waals surface area contributed by atoms with Crippen LogP contribution in [0.2, 0.25) is 0 Å². The Morgan fingerprint density at radius 3 is 2.09 bits per heavy atom. The van der Waals surface area contributed by atoms with E-state index in [4.69, 9.17) is 10.4 Å². The second kappa shape index (κ2) is 33.2. The van der Waals surface area contributed by atoms with E-state index in [2.05, 4.69) is 53.9 Å². The Labute approximate surface area is 267 Å². The third-order valence-electron chi connectivity index (χ3n) is 5.19. The number of β-lactam (4-membered cyclic amide) rings is 1. The van der Waals surface area contributed by atoms with Gasteiger partial charge in [0, 0.05) is 43.5 Å². The molecule has 1 heterocycles. The molecule has 1 fully saturated rings. The zero-order valence-corrected chi connectivity index (χ0v) is 29.0. The lowest BCUT2D eigenvalue weighted by Crippen LogP contribution is -2.48. The van der Waals surface area contributed by atoms with Crippen LogP contribution in [0, 0.1) is 11.3 Å². The van der Waals surface area contributed by atoms with Crippen molar-refractivity contribution in [2.75, 3.05) is 45.2 Å². The minimum Gasteiger partial charge on any atom is -0.394 e. The molecule has 1 aliphatic rings. The predicted octanol–water partition coefficient (Wildman–Crippen LogP) is 5.06. The maximum absolute atomic E-state index is 12.0. The Balaban J connectivity index is -0.000000275. The number of amides is 3. The van der Waals surface area contributed by atoms with Gasteiger partial charge in [-0.25, -0.2) is 0 Å². The number of aliphatic hydroxyl groups excluding tert-OH is 1. The summed E-state index contributed by atoms with van der Waals surface area (Å²) in [4.78, 5) is 36.0. The van der Waals surface area contributed by atoms with E-state index in [9.17, 15) is 14.4 Å². The van der Waals surface area contributed by atoms with E-state index >= 15 is 0 Å². The second-order valence-corrected chi connectivity index (χ2v) is 8.50. The molecule has 43 heavy (non-hydrogen) atoms. The summed E-state index contributed by atoms with van der Waals surface area (Å²) >= 11 is 3.96. The van der Waals surface area contributed by atoms with E-state index < -0.39 is 0 Å². The number of hydrogen-bond donors (Lipinski definition) is 5. The van der Waals surface area contributed by atoms with Crippen LogP contribution in [0.15, 0.2) is 48.8 Å². The highest BCUT2D eigenvalue weighted by Gasteiger charge is 2.36. The van der Waals surface area contributed by atoms with Gasteiger partial charge in [0.1, 0.15) is 5.25 Å². The van der Waals surface area contributed by atoms with Gasteiger partial charge in [-0.05, 0) is 56.9 Å². The molecule has 0 saturated carbocycles. The van der Waals surface area contributed by atoms with Crippen LogP contribution in [0.25, 0.3) is 0 Å². The number of carbonyl (C=O) groups excluding carboxylic acids is 3. The maximum atomic E-state index is 12.0. The molecule has 4 N–H and O–H groups in total. The Morgan fingerprint density at radius 1 is 1.16 bits per heavy atom. The Hall–Kier alpha value is -3.33. The van der Waals surface area contributed by atoms with Gasteiger partial charge < -0.3 is 30.9 Å². The van der Waals surface area contributed by atoms with Crippen LogP contribution in [0.3, 0.4) is 0 Å². The molecule has 2 unspecified atom stereocenters. The highest BCUT2D eigenvalue weighted by molar-refractivity contribution is 7.82. The molecule has 0 spiro atoms. The standard InChI is InChI=1S/C16H25N3O.C6H6N2OS.C4H9NO2.3C2H6/c1-4-12-19(6-3)13-11-18-16(20)14-7-9-15(10-8-14)17-5-2;1-8-4(2-3-7)5(10)6(8)9;1-4(2-6)5-3-7;3*1-2/h5,7-10,17H,2,4,6,11-13H2,1,3H3,(H,18,20);2,5,10H,1H3;3-4,6H,2H2,1H3,(H,5,7);3*1-2H3/b;4-2-;;;;. The van der Waals surface area contributed by atoms with Gasteiger partial charge in [0.05, 0.1) is 18.4 Å². The smallest absolute Gasteiger partial charge is 0.251 e. The van der Waals surface area contributed by atoms with Gasteiger partial charge >= 0.3 is 0 Å². The maximum Gasteiger partial charge on any atom is 0.251 e. The molecule has 1 aromatic carbocycles.